The fourth-order valence-corrected chi connectivity index (χ4v) is 3.21. The number of hydrogen-bond acceptors (Lipinski definition) is 4. The Kier molecular flexibility index (Phi) is 4.66. The molecule has 0 N–H and O–H groups in total. The van der Waals surface area contributed by atoms with E-state index in [9.17, 15) is 39.6 Å². The van der Waals surface area contributed by atoms with E-state index >= 15 is 0 Å². The van der Waals surface area contributed by atoms with Crippen molar-refractivity contribution in [3.63, 3.8) is 0 Å². The largest absolute Gasteiger partial charge is 0.416 e. The van der Waals surface area contributed by atoms with Crippen molar-refractivity contribution in [1.82, 2.24) is 0 Å². The Hall–Kier alpha value is -2.04. The molecule has 4 nitrogen and oxygen atoms in total. The molecule has 0 aromatic heterocycles. The summed E-state index contributed by atoms with van der Waals surface area (Å²) in [6, 6.07) is -0.149. The fraction of sp³-hybridized carbons (Fsp3) is 0.357. The van der Waals surface area contributed by atoms with Crippen LogP contribution in [-0.2, 0) is 31.4 Å². The first-order valence-electron chi connectivity index (χ1n) is 6.69. The average molecular weight is 388 g/mol. The number of allylic oxidation sites excluding steroid dienone is 2. The van der Waals surface area contributed by atoms with Gasteiger partial charge in [0.2, 0.25) is 0 Å². The van der Waals surface area contributed by atoms with Crippen LogP contribution in [0.3, 0.4) is 0 Å². The molecule has 25 heavy (non-hydrogen) atoms. The Bertz CT molecular complexity index is 817. The van der Waals surface area contributed by atoms with Gasteiger partial charge in [0.25, 0.3) is 0 Å². The second kappa shape index (κ2) is 6.04. The third kappa shape index (κ3) is 4.14. The molecule has 0 radical (unpaired) electrons. The number of rotatable bonds is 3. The quantitative estimate of drug-likeness (QED) is 0.579. The van der Waals surface area contributed by atoms with Crippen LogP contribution in [0, 0.1) is 0 Å². The zero-order chi connectivity index (χ0) is 19.2. The molecule has 0 aliphatic heterocycles. The maximum absolute atomic E-state index is 12.8. The molecule has 138 valence electrons. The van der Waals surface area contributed by atoms with Crippen molar-refractivity contribution >= 4 is 15.9 Å². The van der Waals surface area contributed by atoms with Gasteiger partial charge in [-0.05, 0) is 37.1 Å². The number of hydrogen-bond donors (Lipinski definition) is 0. The molecular weight excluding hydrogens is 378 g/mol. The highest BCUT2D eigenvalue weighted by Gasteiger charge is 2.39. The molecular formula is C14H10F6O4S. The number of carbonyl (C=O) groups is 1. The van der Waals surface area contributed by atoms with E-state index < -0.39 is 50.0 Å². The summed E-state index contributed by atoms with van der Waals surface area (Å²) in [6.45, 7) is 1.38. The Balaban J connectivity index is 2.57. The summed E-state index contributed by atoms with van der Waals surface area (Å²) >= 11 is 0. The zero-order valence-electron chi connectivity index (χ0n) is 12.5. The van der Waals surface area contributed by atoms with Crippen molar-refractivity contribution < 1.29 is 43.7 Å². The third-order valence-corrected chi connectivity index (χ3v) is 4.61. The van der Waals surface area contributed by atoms with Crippen molar-refractivity contribution in [2.45, 2.75) is 37.0 Å². The topological polar surface area (TPSA) is 60.4 Å². The molecule has 0 amide bonds. The second-order valence-electron chi connectivity index (χ2n) is 5.31. The first-order valence-corrected chi connectivity index (χ1v) is 8.09. The molecule has 0 fully saturated rings. The van der Waals surface area contributed by atoms with Crippen LogP contribution < -0.4 is 0 Å². The molecule has 0 saturated carbocycles. The Morgan fingerprint density at radius 3 is 1.76 bits per heavy atom. The summed E-state index contributed by atoms with van der Waals surface area (Å²) < 4.78 is 105. The van der Waals surface area contributed by atoms with Gasteiger partial charge in [0.1, 0.15) is 4.90 Å². The first kappa shape index (κ1) is 19.3. The van der Waals surface area contributed by atoms with Crippen molar-refractivity contribution in [2.24, 2.45) is 0 Å². The average Bonchev–Trinajstić information content (AvgIpc) is 2.76. The standard InChI is InChI=1S/C14H10F6O4S/c1-7-2-3-11(21)12(7)24-25(22,23)10-5-8(13(15,16)17)4-9(6-10)14(18,19)20/h4-6H,2-3H2,1H3. The van der Waals surface area contributed by atoms with E-state index in [2.05, 4.69) is 4.18 Å². The highest BCUT2D eigenvalue weighted by Crippen LogP contribution is 2.38. The first-order chi connectivity index (χ1) is 11.2. The summed E-state index contributed by atoms with van der Waals surface area (Å²) in [4.78, 5) is 10.2. The molecule has 1 aliphatic rings. The van der Waals surface area contributed by atoms with Gasteiger partial charge in [-0.1, -0.05) is 0 Å². The van der Waals surface area contributed by atoms with Crippen LogP contribution in [0.25, 0.3) is 0 Å². The van der Waals surface area contributed by atoms with Crippen molar-refractivity contribution in [3.05, 3.63) is 40.7 Å². The van der Waals surface area contributed by atoms with Gasteiger partial charge in [-0.2, -0.15) is 34.8 Å². The summed E-state index contributed by atoms with van der Waals surface area (Å²) in [7, 11) is -5.05. The highest BCUT2D eigenvalue weighted by molar-refractivity contribution is 7.86. The lowest BCUT2D eigenvalue weighted by molar-refractivity contribution is -0.143. The van der Waals surface area contributed by atoms with E-state index in [4.69, 9.17) is 0 Å². The minimum Gasteiger partial charge on any atom is -0.375 e. The summed E-state index contributed by atoms with van der Waals surface area (Å²) in [5, 5.41) is 0. The van der Waals surface area contributed by atoms with E-state index in [0.717, 1.165) is 0 Å². The van der Waals surface area contributed by atoms with Gasteiger partial charge in [0.15, 0.2) is 11.5 Å². The van der Waals surface area contributed by atoms with Gasteiger partial charge in [0.05, 0.1) is 11.1 Å². The molecule has 0 bridgehead atoms. The fourth-order valence-electron chi connectivity index (χ4n) is 2.11. The number of Topliss-reactive ketones (excluding diaryl/α,β-unsaturated/α-hetero) is 1. The van der Waals surface area contributed by atoms with Gasteiger partial charge in [-0.15, -0.1) is 0 Å². The predicted molar refractivity (Wildman–Crippen MR) is 71.7 cm³/mol. The molecule has 0 atom stereocenters. The Morgan fingerprint density at radius 2 is 1.40 bits per heavy atom. The molecule has 0 heterocycles. The van der Waals surface area contributed by atoms with Crippen LogP contribution in [0.1, 0.15) is 30.9 Å². The number of ketones is 1. The van der Waals surface area contributed by atoms with Gasteiger partial charge in [0, 0.05) is 6.42 Å². The predicted octanol–water partition coefficient (Wildman–Crippen LogP) is 4.07. The van der Waals surface area contributed by atoms with E-state index in [1.165, 1.54) is 6.92 Å². The number of halogens is 6. The van der Waals surface area contributed by atoms with Crippen LogP contribution in [-0.4, -0.2) is 14.2 Å². The van der Waals surface area contributed by atoms with E-state index in [1.54, 1.807) is 0 Å². The van der Waals surface area contributed by atoms with Crippen molar-refractivity contribution in [2.75, 3.05) is 0 Å². The van der Waals surface area contributed by atoms with Crippen molar-refractivity contribution in [3.8, 4) is 0 Å². The van der Waals surface area contributed by atoms with Crippen LogP contribution in [0.5, 0.6) is 0 Å². The minimum absolute atomic E-state index is 0.0277. The van der Waals surface area contributed by atoms with Gasteiger partial charge >= 0.3 is 22.5 Å². The monoisotopic (exact) mass is 388 g/mol. The van der Waals surface area contributed by atoms with Crippen LogP contribution in [0.4, 0.5) is 26.3 Å². The molecule has 0 saturated heterocycles. The lowest BCUT2D eigenvalue weighted by Crippen LogP contribution is -2.15. The maximum Gasteiger partial charge on any atom is 0.416 e. The van der Waals surface area contributed by atoms with E-state index in [1.807, 2.05) is 0 Å². The van der Waals surface area contributed by atoms with E-state index in [-0.39, 0.29) is 36.6 Å². The van der Waals surface area contributed by atoms with Gasteiger partial charge < -0.3 is 4.18 Å². The van der Waals surface area contributed by atoms with Crippen LogP contribution >= 0.6 is 0 Å². The molecule has 1 aromatic rings. The van der Waals surface area contributed by atoms with Crippen molar-refractivity contribution in [1.29, 1.82) is 0 Å². The summed E-state index contributed by atoms with van der Waals surface area (Å²) in [6.07, 6.45) is -10.3. The SMILES string of the molecule is CC1=C(OS(=O)(=O)c2cc(C(F)(F)F)cc(C(F)(F)F)c2)C(=O)CC1. The summed E-state index contributed by atoms with van der Waals surface area (Å²) in [5.74, 6) is -1.27. The zero-order valence-corrected chi connectivity index (χ0v) is 13.3. The third-order valence-electron chi connectivity index (χ3n) is 3.41. The molecule has 1 aliphatic carbocycles. The Morgan fingerprint density at radius 1 is 0.920 bits per heavy atom. The molecule has 11 heteroatoms. The lowest BCUT2D eigenvalue weighted by atomic mass is 10.1. The second-order valence-corrected chi connectivity index (χ2v) is 6.86. The summed E-state index contributed by atoms with van der Waals surface area (Å²) in [5.41, 5.74) is -3.35. The number of benzene rings is 1. The van der Waals surface area contributed by atoms with Crippen LogP contribution in [0.15, 0.2) is 34.4 Å². The van der Waals surface area contributed by atoms with Gasteiger partial charge in [-0.3, -0.25) is 4.79 Å². The van der Waals surface area contributed by atoms with E-state index in [0.29, 0.717) is 0 Å². The van der Waals surface area contributed by atoms with Crippen LogP contribution in [0.2, 0.25) is 0 Å². The smallest absolute Gasteiger partial charge is 0.375 e. The number of alkyl halides is 6. The maximum atomic E-state index is 12.8. The molecule has 0 unspecified atom stereocenters. The Labute approximate surface area is 138 Å². The molecule has 0 spiro atoms. The highest BCUT2D eigenvalue weighted by atomic mass is 32.2. The van der Waals surface area contributed by atoms with Gasteiger partial charge in [-0.25, -0.2) is 0 Å². The minimum atomic E-state index is -5.20. The normalized spacial score (nSPS) is 16.5. The number of carbonyl (C=O) groups excluding carboxylic acids is 1. The molecule has 1 aromatic carbocycles. The molecule has 2 rings (SSSR count). The lowest BCUT2D eigenvalue weighted by Gasteiger charge is -2.15.